The first-order chi connectivity index (χ1) is 37.7. The molecule has 14 heteroatoms. The highest BCUT2D eigenvalue weighted by Crippen LogP contribution is 2.66. The summed E-state index contributed by atoms with van der Waals surface area (Å²) in [6.45, 7) is 4.26. The molecule has 77 heavy (non-hydrogen) atoms. The first-order valence-corrected chi connectivity index (χ1v) is 25.8. The molecule has 14 nitrogen and oxygen atoms in total. The van der Waals surface area contributed by atoms with Crippen molar-refractivity contribution < 1.29 is 43.2 Å². The highest BCUT2D eigenvalue weighted by atomic mass is 16.6. The largest absolute Gasteiger partial charge is 0.497 e. The van der Waals surface area contributed by atoms with Crippen LogP contribution in [0.25, 0.3) is 0 Å². The van der Waals surface area contributed by atoms with Crippen molar-refractivity contribution >= 4 is 40.9 Å². The van der Waals surface area contributed by atoms with Crippen LogP contribution in [0.4, 0.5) is 21.9 Å². The minimum Gasteiger partial charge on any atom is -0.497 e. The molecule has 7 unspecified atom stereocenters. The van der Waals surface area contributed by atoms with Gasteiger partial charge < -0.3 is 39.6 Å². The smallest absolute Gasteiger partial charge is 0.329 e. The van der Waals surface area contributed by atoms with Crippen molar-refractivity contribution in [3.63, 3.8) is 0 Å². The third-order valence-corrected chi connectivity index (χ3v) is 15.1. The number of rotatable bonds is 12. The highest BCUT2D eigenvalue weighted by Gasteiger charge is 2.75. The molecule has 0 aliphatic carbocycles. The van der Waals surface area contributed by atoms with Crippen molar-refractivity contribution in [1.82, 2.24) is 10.2 Å². The quantitative estimate of drug-likeness (QED) is 0.0792. The Morgan fingerprint density at radius 3 is 2.01 bits per heavy atom. The number of benzene rings is 7. The summed E-state index contributed by atoms with van der Waals surface area (Å²) in [6.07, 6.45) is -0.924. The molecular formula is C63H57N5O9. The summed E-state index contributed by atoms with van der Waals surface area (Å²) in [5, 5.41) is 16.0. The average Bonchev–Trinajstić information content (AvgIpc) is 4.02. The third-order valence-electron chi connectivity index (χ3n) is 15.1. The minimum atomic E-state index is -2.05. The molecular weight excluding hydrogens is 971 g/mol. The van der Waals surface area contributed by atoms with Gasteiger partial charge in [0, 0.05) is 35.6 Å². The summed E-state index contributed by atoms with van der Waals surface area (Å²) in [6, 6.07) is 51.0. The zero-order valence-electron chi connectivity index (χ0n) is 42.6. The zero-order chi connectivity index (χ0) is 53.0. The van der Waals surface area contributed by atoms with Gasteiger partial charge in [-0.1, -0.05) is 115 Å². The van der Waals surface area contributed by atoms with E-state index in [-0.39, 0.29) is 18.9 Å². The van der Waals surface area contributed by atoms with E-state index in [1.807, 2.05) is 163 Å². The Balaban J connectivity index is 1.16. The number of methoxy groups -OCH3 is 1. The Hall–Kier alpha value is -8.74. The number of urea groups is 1. The summed E-state index contributed by atoms with van der Waals surface area (Å²) in [5.41, 5.74) is 3.90. The fourth-order valence-electron chi connectivity index (χ4n) is 11.6. The summed E-state index contributed by atoms with van der Waals surface area (Å²) >= 11 is 0. The fraction of sp³-hybridized carbons (Fsp3) is 0.238. The van der Waals surface area contributed by atoms with Gasteiger partial charge in [-0.05, 0) is 114 Å². The van der Waals surface area contributed by atoms with E-state index in [9.17, 15) is 5.11 Å². The van der Waals surface area contributed by atoms with Gasteiger partial charge >= 0.3 is 12.0 Å². The maximum Gasteiger partial charge on any atom is 0.329 e. The van der Waals surface area contributed by atoms with Gasteiger partial charge in [0.2, 0.25) is 11.8 Å². The van der Waals surface area contributed by atoms with Crippen LogP contribution in [0, 0.1) is 17.8 Å². The molecule has 11 rings (SSSR count). The first-order valence-electron chi connectivity index (χ1n) is 25.8. The van der Waals surface area contributed by atoms with Crippen molar-refractivity contribution in [1.29, 1.82) is 0 Å². The van der Waals surface area contributed by atoms with Gasteiger partial charge in [-0.25, -0.2) is 9.69 Å². The topological polar surface area (TPSA) is 159 Å². The van der Waals surface area contributed by atoms with Crippen molar-refractivity contribution in [3.8, 4) is 23.3 Å². The molecule has 0 bridgehead atoms. The van der Waals surface area contributed by atoms with Crippen molar-refractivity contribution in [2.45, 2.75) is 42.6 Å². The van der Waals surface area contributed by atoms with Crippen LogP contribution < -0.4 is 29.9 Å². The summed E-state index contributed by atoms with van der Waals surface area (Å²) < 4.78 is 23.6. The number of carbonyl (C=O) groups is 4. The second-order valence-corrected chi connectivity index (χ2v) is 19.5. The molecule has 0 aromatic heterocycles. The van der Waals surface area contributed by atoms with E-state index in [0.717, 1.165) is 21.7 Å². The van der Waals surface area contributed by atoms with Crippen LogP contribution in [-0.4, -0.2) is 86.5 Å². The molecule has 7 aromatic rings. The number of carbonyl (C=O) groups excluding carboxylic acids is 4. The second kappa shape index (κ2) is 21.8. The lowest BCUT2D eigenvalue weighted by molar-refractivity contribution is -0.177. The van der Waals surface area contributed by atoms with Crippen LogP contribution in [0.15, 0.2) is 182 Å². The number of cyclic esters (lactones) is 1. The van der Waals surface area contributed by atoms with Gasteiger partial charge in [0.15, 0.2) is 0 Å². The summed E-state index contributed by atoms with van der Waals surface area (Å²) in [5.74, 6) is 4.05. The van der Waals surface area contributed by atoms with E-state index in [2.05, 4.69) is 27.4 Å². The summed E-state index contributed by atoms with van der Waals surface area (Å²) in [4.78, 5) is 69.5. The molecule has 0 saturated carbocycles. The highest BCUT2D eigenvalue weighted by molar-refractivity contribution is 6.25. The van der Waals surface area contributed by atoms with E-state index in [4.69, 9.17) is 18.9 Å². The molecule has 7 aromatic carbocycles. The SMILES string of the molecule is COc1ccc(C#Cc2ccc3c(c2)C2(C(=O)N3C(=O)NC(C)c3ccccc3)C(C(=O)Nc3ccc(N4CCOCC4)cc3)C3C(=O)OC(c4ccccc4)C(c4ccccc4)N3C2c2ccc(OCCO)cc2)cc1. The lowest BCUT2D eigenvalue weighted by atomic mass is 9.65. The van der Waals surface area contributed by atoms with Gasteiger partial charge in [-0.3, -0.25) is 19.3 Å². The number of hydrogen-bond acceptors (Lipinski definition) is 11. The predicted octanol–water partition coefficient (Wildman–Crippen LogP) is 9.08. The van der Waals surface area contributed by atoms with E-state index in [1.165, 1.54) is 0 Å². The first kappa shape index (κ1) is 50.4. The Bertz CT molecular complexity index is 3330. The average molecular weight is 1030 g/mol. The minimum absolute atomic E-state index is 0.0366. The fourth-order valence-corrected chi connectivity index (χ4v) is 11.6. The Morgan fingerprint density at radius 2 is 1.35 bits per heavy atom. The Morgan fingerprint density at radius 1 is 0.727 bits per heavy atom. The van der Waals surface area contributed by atoms with Gasteiger partial charge in [0.05, 0.1) is 56.7 Å². The van der Waals surface area contributed by atoms with Crippen molar-refractivity contribution in [2.75, 3.05) is 61.7 Å². The Kier molecular flexibility index (Phi) is 14.3. The molecule has 0 radical (unpaired) electrons. The molecule has 7 atom stereocenters. The molecule has 4 aliphatic heterocycles. The molecule has 4 amide bonds. The number of nitrogens with one attached hydrogen (secondary N) is 2. The van der Waals surface area contributed by atoms with Crippen molar-refractivity contribution in [2.24, 2.45) is 5.92 Å². The van der Waals surface area contributed by atoms with Gasteiger partial charge in [-0.15, -0.1) is 0 Å². The lowest BCUT2D eigenvalue weighted by Gasteiger charge is -2.46. The van der Waals surface area contributed by atoms with Crippen LogP contribution in [0.5, 0.6) is 11.5 Å². The van der Waals surface area contributed by atoms with Crippen LogP contribution >= 0.6 is 0 Å². The molecule has 4 heterocycles. The molecule has 3 N–H and O–H groups in total. The summed E-state index contributed by atoms with van der Waals surface area (Å²) in [7, 11) is 1.59. The number of aliphatic hydroxyl groups excluding tert-OH is 1. The van der Waals surface area contributed by atoms with Gasteiger partial charge in [0.25, 0.3) is 0 Å². The van der Waals surface area contributed by atoms with Crippen LogP contribution in [0.1, 0.15) is 70.1 Å². The molecule has 4 aliphatic rings. The van der Waals surface area contributed by atoms with Crippen molar-refractivity contribution in [3.05, 3.63) is 221 Å². The third kappa shape index (κ3) is 9.54. The lowest BCUT2D eigenvalue weighted by Crippen LogP contribution is -2.55. The maximum absolute atomic E-state index is 16.9. The number of aliphatic hydroxyl groups is 1. The Labute approximate surface area is 447 Å². The number of fused-ring (bicyclic) bond motifs is 3. The molecule has 1 spiro atoms. The van der Waals surface area contributed by atoms with Crippen LogP contribution in [-0.2, 0) is 29.3 Å². The van der Waals surface area contributed by atoms with Crippen LogP contribution in [0.3, 0.4) is 0 Å². The molecule has 388 valence electrons. The van der Waals surface area contributed by atoms with Gasteiger partial charge in [0.1, 0.15) is 35.7 Å². The normalized spacial score (nSPS) is 22.0. The number of imide groups is 1. The number of esters is 1. The van der Waals surface area contributed by atoms with Gasteiger partial charge in [-0.2, -0.15) is 0 Å². The number of anilines is 3. The molecule has 3 saturated heterocycles. The second-order valence-electron chi connectivity index (χ2n) is 19.5. The standard InChI is InChI=1S/C63H57N5O9/c1-41(44-12-6-3-7-13-44)64-62(73)67-53-33-22-43(19-18-42-20-29-50(74-2)30-21-42)40-52(53)63(61(67)72)54(59(70)65-48-25-27-49(28-26-48)66-34-37-75-38-35-66)56-60(71)77-57(46-16-10-5-11-17-46)55(45-14-8-4-9-15-45)68(56)58(63)47-23-31-51(32-24-47)76-39-36-69/h3-17,20-33,40-41,54-58,69H,34-39H2,1-2H3,(H,64,73)(H,65,70). The number of hydrogen-bond donors (Lipinski definition) is 3. The van der Waals surface area contributed by atoms with E-state index < -0.39 is 65.4 Å². The molecule has 3 fully saturated rings. The number of ether oxygens (including phenoxy) is 4. The van der Waals surface area contributed by atoms with E-state index in [1.54, 1.807) is 37.4 Å². The monoisotopic (exact) mass is 1030 g/mol. The van der Waals surface area contributed by atoms with Crippen LogP contribution in [0.2, 0.25) is 0 Å². The number of morpholine rings is 2. The maximum atomic E-state index is 16.9. The number of nitrogens with zero attached hydrogens (tertiary/aromatic N) is 3. The number of amides is 4. The zero-order valence-corrected chi connectivity index (χ0v) is 42.6. The van der Waals surface area contributed by atoms with E-state index in [0.29, 0.717) is 71.3 Å². The van der Waals surface area contributed by atoms with E-state index >= 15 is 19.2 Å². The predicted molar refractivity (Wildman–Crippen MR) is 291 cm³/mol.